The number of rotatable bonds is 5. The summed E-state index contributed by atoms with van der Waals surface area (Å²) in [5.41, 5.74) is 0.255. The molecule has 0 bridgehead atoms. The zero-order chi connectivity index (χ0) is 15.3. The lowest BCUT2D eigenvalue weighted by atomic mass is 9.69. The third kappa shape index (κ3) is 5.90. The second-order valence-corrected chi connectivity index (χ2v) is 8.53. The molecule has 1 aliphatic carbocycles. The molecule has 0 aromatic rings. The Bertz CT molecular complexity index is 290. The van der Waals surface area contributed by atoms with Gasteiger partial charge < -0.3 is 10.1 Å². The van der Waals surface area contributed by atoms with Crippen LogP contribution in [0, 0.1) is 23.7 Å². The van der Waals surface area contributed by atoms with Crippen LogP contribution in [0.5, 0.6) is 0 Å². The van der Waals surface area contributed by atoms with Gasteiger partial charge >= 0.3 is 0 Å². The van der Waals surface area contributed by atoms with Crippen molar-refractivity contribution in [1.29, 1.82) is 0 Å². The molecule has 0 aromatic heterocycles. The molecule has 2 fully saturated rings. The van der Waals surface area contributed by atoms with Gasteiger partial charge in [0, 0.05) is 18.8 Å². The molecule has 0 aromatic carbocycles. The van der Waals surface area contributed by atoms with Gasteiger partial charge in [-0.15, -0.1) is 0 Å². The van der Waals surface area contributed by atoms with Crippen molar-refractivity contribution in [2.45, 2.75) is 78.2 Å². The van der Waals surface area contributed by atoms with Crippen LogP contribution in [-0.4, -0.2) is 25.3 Å². The van der Waals surface area contributed by atoms with Crippen LogP contribution < -0.4 is 5.32 Å². The second kappa shape index (κ2) is 7.97. The van der Waals surface area contributed by atoms with Gasteiger partial charge in [-0.25, -0.2) is 0 Å². The monoisotopic (exact) mass is 295 g/mol. The van der Waals surface area contributed by atoms with E-state index in [4.69, 9.17) is 4.74 Å². The van der Waals surface area contributed by atoms with Crippen LogP contribution in [0.2, 0.25) is 0 Å². The van der Waals surface area contributed by atoms with Gasteiger partial charge in [-0.05, 0) is 83.1 Å². The molecule has 1 N–H and O–H groups in total. The van der Waals surface area contributed by atoms with E-state index >= 15 is 0 Å². The molecule has 0 radical (unpaired) electrons. The molecule has 21 heavy (non-hydrogen) atoms. The summed E-state index contributed by atoms with van der Waals surface area (Å²) in [6.45, 7) is 12.5. The molecule has 2 nitrogen and oxygen atoms in total. The Morgan fingerprint density at radius 1 is 0.952 bits per heavy atom. The highest BCUT2D eigenvalue weighted by molar-refractivity contribution is 4.85. The normalized spacial score (nSPS) is 32.3. The Balaban J connectivity index is 1.89. The molecule has 1 heterocycles. The third-order valence-electron chi connectivity index (χ3n) is 5.70. The van der Waals surface area contributed by atoms with Gasteiger partial charge in [-0.1, -0.05) is 19.8 Å². The minimum Gasteiger partial charge on any atom is -0.381 e. The summed E-state index contributed by atoms with van der Waals surface area (Å²) in [5.74, 6) is 3.76. The smallest absolute Gasteiger partial charge is 0.0468 e. The molecule has 2 heteroatoms. The van der Waals surface area contributed by atoms with E-state index in [9.17, 15) is 0 Å². The highest BCUT2D eigenvalue weighted by Crippen LogP contribution is 2.40. The summed E-state index contributed by atoms with van der Waals surface area (Å²) in [5, 5.41) is 3.77. The Morgan fingerprint density at radius 2 is 1.67 bits per heavy atom. The van der Waals surface area contributed by atoms with E-state index in [1.54, 1.807) is 0 Å². The fourth-order valence-electron chi connectivity index (χ4n) is 4.20. The van der Waals surface area contributed by atoms with Crippen LogP contribution in [-0.2, 0) is 4.74 Å². The fraction of sp³-hybridized carbons (Fsp3) is 1.00. The van der Waals surface area contributed by atoms with Crippen molar-refractivity contribution in [3.63, 3.8) is 0 Å². The largest absolute Gasteiger partial charge is 0.381 e. The molecule has 1 saturated heterocycles. The Labute approximate surface area is 132 Å². The van der Waals surface area contributed by atoms with Crippen molar-refractivity contribution < 1.29 is 4.74 Å². The lowest BCUT2D eigenvalue weighted by molar-refractivity contribution is 0.0455. The summed E-state index contributed by atoms with van der Waals surface area (Å²) >= 11 is 0. The molecule has 3 atom stereocenters. The standard InChI is InChI=1S/C19H37NO/c1-5-15-6-7-17(14-20-19(2,3)4)18(12-15)13-16-8-10-21-11-9-16/h15-18,20H,5-14H2,1-4H3. The lowest BCUT2D eigenvalue weighted by Crippen LogP contribution is -2.42. The molecule has 2 aliphatic rings. The topological polar surface area (TPSA) is 21.3 Å². The predicted octanol–water partition coefficient (Wildman–Crippen LogP) is 4.63. The van der Waals surface area contributed by atoms with Gasteiger partial charge in [0.1, 0.15) is 0 Å². The van der Waals surface area contributed by atoms with Crippen molar-refractivity contribution >= 4 is 0 Å². The van der Waals surface area contributed by atoms with E-state index in [0.29, 0.717) is 0 Å². The lowest BCUT2D eigenvalue weighted by Gasteiger charge is -2.40. The maximum atomic E-state index is 5.54. The van der Waals surface area contributed by atoms with Crippen LogP contribution >= 0.6 is 0 Å². The van der Waals surface area contributed by atoms with E-state index in [2.05, 4.69) is 33.0 Å². The Kier molecular flexibility index (Phi) is 6.55. The van der Waals surface area contributed by atoms with E-state index in [0.717, 1.165) is 36.9 Å². The maximum Gasteiger partial charge on any atom is 0.0468 e. The van der Waals surface area contributed by atoms with Crippen molar-refractivity contribution in [1.82, 2.24) is 5.32 Å². The minimum absolute atomic E-state index is 0.255. The summed E-state index contributed by atoms with van der Waals surface area (Å²) in [6.07, 6.45) is 9.80. The van der Waals surface area contributed by atoms with Crippen LogP contribution in [0.1, 0.15) is 72.6 Å². The van der Waals surface area contributed by atoms with E-state index in [1.165, 1.54) is 51.5 Å². The van der Waals surface area contributed by atoms with Crippen LogP contribution in [0.4, 0.5) is 0 Å². The van der Waals surface area contributed by atoms with Gasteiger partial charge in [0.25, 0.3) is 0 Å². The molecule has 3 unspecified atom stereocenters. The molecule has 0 spiro atoms. The zero-order valence-corrected chi connectivity index (χ0v) is 14.8. The zero-order valence-electron chi connectivity index (χ0n) is 14.8. The number of ether oxygens (including phenoxy) is 1. The molecular weight excluding hydrogens is 258 g/mol. The SMILES string of the molecule is CCC1CCC(CNC(C)(C)C)C(CC2CCOCC2)C1. The van der Waals surface area contributed by atoms with Crippen LogP contribution in [0.3, 0.4) is 0 Å². The summed E-state index contributed by atoms with van der Waals surface area (Å²) in [7, 11) is 0. The number of hydrogen-bond donors (Lipinski definition) is 1. The third-order valence-corrected chi connectivity index (χ3v) is 5.70. The second-order valence-electron chi connectivity index (χ2n) is 8.53. The average molecular weight is 296 g/mol. The Morgan fingerprint density at radius 3 is 2.29 bits per heavy atom. The molecule has 1 aliphatic heterocycles. The fourth-order valence-corrected chi connectivity index (χ4v) is 4.20. The summed E-state index contributed by atoms with van der Waals surface area (Å²) < 4.78 is 5.54. The van der Waals surface area contributed by atoms with E-state index < -0.39 is 0 Å². The minimum atomic E-state index is 0.255. The number of nitrogens with one attached hydrogen (secondary N) is 1. The number of hydrogen-bond acceptors (Lipinski definition) is 2. The summed E-state index contributed by atoms with van der Waals surface area (Å²) in [4.78, 5) is 0. The van der Waals surface area contributed by atoms with Gasteiger partial charge in [0.05, 0.1) is 0 Å². The van der Waals surface area contributed by atoms with Crippen molar-refractivity contribution in [3.05, 3.63) is 0 Å². The Hall–Kier alpha value is -0.0800. The molecule has 1 saturated carbocycles. The highest BCUT2D eigenvalue weighted by Gasteiger charge is 2.32. The van der Waals surface area contributed by atoms with Gasteiger partial charge in [-0.2, -0.15) is 0 Å². The molecule has 124 valence electrons. The first-order chi connectivity index (χ1) is 9.98. The van der Waals surface area contributed by atoms with Crippen molar-refractivity contribution in [2.24, 2.45) is 23.7 Å². The van der Waals surface area contributed by atoms with E-state index in [1.807, 2.05) is 0 Å². The molecule has 2 rings (SSSR count). The van der Waals surface area contributed by atoms with Crippen molar-refractivity contribution in [3.8, 4) is 0 Å². The van der Waals surface area contributed by atoms with Crippen LogP contribution in [0.15, 0.2) is 0 Å². The average Bonchev–Trinajstić information content (AvgIpc) is 2.46. The maximum absolute atomic E-state index is 5.54. The molecular formula is C19H37NO. The first-order valence-electron chi connectivity index (χ1n) is 9.30. The summed E-state index contributed by atoms with van der Waals surface area (Å²) in [6, 6.07) is 0. The van der Waals surface area contributed by atoms with Crippen molar-refractivity contribution in [2.75, 3.05) is 19.8 Å². The first-order valence-corrected chi connectivity index (χ1v) is 9.30. The predicted molar refractivity (Wildman–Crippen MR) is 90.5 cm³/mol. The van der Waals surface area contributed by atoms with Gasteiger partial charge in [-0.3, -0.25) is 0 Å². The van der Waals surface area contributed by atoms with Gasteiger partial charge in [0.2, 0.25) is 0 Å². The quantitative estimate of drug-likeness (QED) is 0.798. The highest BCUT2D eigenvalue weighted by atomic mass is 16.5. The van der Waals surface area contributed by atoms with E-state index in [-0.39, 0.29) is 5.54 Å². The van der Waals surface area contributed by atoms with Crippen LogP contribution in [0.25, 0.3) is 0 Å². The first kappa shape index (κ1) is 17.3. The molecule has 0 amide bonds. The van der Waals surface area contributed by atoms with Gasteiger partial charge in [0.15, 0.2) is 0 Å².